The number of piperidine rings is 1. The van der Waals surface area contributed by atoms with E-state index in [1.165, 1.54) is 43.4 Å². The molecular weight excluding hydrogens is 409 g/mol. The predicted molar refractivity (Wildman–Crippen MR) is 122 cm³/mol. The maximum atomic E-state index is 14.0. The van der Waals surface area contributed by atoms with Crippen LogP contribution in [-0.4, -0.2) is 48.7 Å². The first-order valence-corrected chi connectivity index (χ1v) is 11.8. The predicted octanol–water partition coefficient (Wildman–Crippen LogP) is 4.70. The van der Waals surface area contributed by atoms with E-state index < -0.39 is 18.0 Å². The minimum Gasteiger partial charge on any atom is -0.450 e. The lowest BCUT2D eigenvalue weighted by Crippen LogP contribution is -2.50. The summed E-state index contributed by atoms with van der Waals surface area (Å²) >= 11 is 0. The Morgan fingerprint density at radius 3 is 2.44 bits per heavy atom. The average Bonchev–Trinajstić information content (AvgIpc) is 3.05. The highest BCUT2D eigenvalue weighted by Gasteiger charge is 2.43. The number of hydrogen-bond acceptors (Lipinski definition) is 4. The van der Waals surface area contributed by atoms with Gasteiger partial charge in [-0.25, -0.2) is 9.18 Å². The molecular formula is C25H34FN3O3. The Morgan fingerprint density at radius 2 is 1.81 bits per heavy atom. The van der Waals surface area contributed by atoms with E-state index in [1.54, 1.807) is 23.5 Å². The average molecular weight is 444 g/mol. The fourth-order valence-electron chi connectivity index (χ4n) is 5.50. The van der Waals surface area contributed by atoms with Gasteiger partial charge in [-0.15, -0.1) is 0 Å². The Labute approximate surface area is 189 Å². The summed E-state index contributed by atoms with van der Waals surface area (Å²) in [4.78, 5) is 29.7. The molecule has 1 N–H and O–H groups in total. The number of nitrogens with zero attached hydrogens (tertiary/aromatic N) is 2. The van der Waals surface area contributed by atoms with Gasteiger partial charge in [0.15, 0.2) is 0 Å². The van der Waals surface area contributed by atoms with Crippen molar-refractivity contribution in [2.24, 2.45) is 0 Å². The van der Waals surface area contributed by atoms with Crippen LogP contribution in [0.2, 0.25) is 0 Å². The zero-order valence-electron chi connectivity index (χ0n) is 19.3. The van der Waals surface area contributed by atoms with Crippen LogP contribution in [0.15, 0.2) is 29.3 Å². The SMILES string of the molecule is CCOC(=O)NC1C(=O)N(C2CCN(C3CCC(=C(C)C)CC3)CC2)c2ccc(F)cc21. The fourth-order valence-corrected chi connectivity index (χ4v) is 5.50. The van der Waals surface area contributed by atoms with Gasteiger partial charge < -0.3 is 19.9 Å². The molecule has 1 saturated carbocycles. The third kappa shape index (κ3) is 4.53. The van der Waals surface area contributed by atoms with Gasteiger partial charge in [0.25, 0.3) is 5.91 Å². The smallest absolute Gasteiger partial charge is 0.408 e. The van der Waals surface area contributed by atoms with Crippen molar-refractivity contribution < 1.29 is 18.7 Å². The van der Waals surface area contributed by atoms with Crippen molar-refractivity contribution in [1.82, 2.24) is 10.2 Å². The first-order valence-electron chi connectivity index (χ1n) is 11.8. The van der Waals surface area contributed by atoms with Crippen molar-refractivity contribution in [3.05, 3.63) is 40.7 Å². The second-order valence-corrected chi connectivity index (χ2v) is 9.31. The molecule has 0 radical (unpaired) electrons. The van der Waals surface area contributed by atoms with Crippen LogP contribution in [0.3, 0.4) is 0 Å². The second kappa shape index (κ2) is 9.61. The molecule has 2 heterocycles. The number of amides is 2. The van der Waals surface area contributed by atoms with Gasteiger partial charge in [-0.1, -0.05) is 11.1 Å². The van der Waals surface area contributed by atoms with E-state index in [0.29, 0.717) is 17.3 Å². The molecule has 1 aromatic carbocycles. The topological polar surface area (TPSA) is 61.9 Å². The molecule has 3 aliphatic rings. The number of likely N-dealkylation sites (tertiary alicyclic amines) is 1. The van der Waals surface area contributed by atoms with Gasteiger partial charge in [0.2, 0.25) is 0 Å². The number of fused-ring (bicyclic) bond motifs is 1. The molecule has 32 heavy (non-hydrogen) atoms. The fraction of sp³-hybridized carbons (Fsp3) is 0.600. The van der Waals surface area contributed by atoms with E-state index >= 15 is 0 Å². The summed E-state index contributed by atoms with van der Waals surface area (Å²) < 4.78 is 18.9. The van der Waals surface area contributed by atoms with Crippen LogP contribution >= 0.6 is 0 Å². The number of carbonyl (C=O) groups excluding carboxylic acids is 2. The Morgan fingerprint density at radius 1 is 1.12 bits per heavy atom. The number of rotatable bonds is 4. The number of carbonyl (C=O) groups is 2. The van der Waals surface area contributed by atoms with Gasteiger partial charge in [0.1, 0.15) is 11.9 Å². The maximum absolute atomic E-state index is 14.0. The summed E-state index contributed by atoms with van der Waals surface area (Å²) in [5.41, 5.74) is 4.29. The third-order valence-corrected chi connectivity index (χ3v) is 7.23. The number of benzene rings is 1. The highest BCUT2D eigenvalue weighted by atomic mass is 19.1. The maximum Gasteiger partial charge on any atom is 0.408 e. The summed E-state index contributed by atoms with van der Waals surface area (Å²) in [5, 5.41) is 2.62. The molecule has 6 nitrogen and oxygen atoms in total. The Balaban J connectivity index is 1.44. The lowest BCUT2D eigenvalue weighted by atomic mass is 9.86. The standard InChI is InChI=1S/C25H34FN3O3/c1-4-32-25(31)27-23-21-15-18(26)7-10-22(21)29(24(23)30)20-11-13-28(14-12-20)19-8-5-17(6-9-19)16(2)3/h7,10,15,19-20,23H,4-6,8-9,11-14H2,1-3H3,(H,27,31). The van der Waals surface area contributed by atoms with Gasteiger partial charge in [0, 0.05) is 30.7 Å². The molecule has 0 spiro atoms. The van der Waals surface area contributed by atoms with Crippen LogP contribution in [0.5, 0.6) is 0 Å². The number of hydrogen-bond donors (Lipinski definition) is 1. The quantitative estimate of drug-likeness (QED) is 0.685. The lowest BCUT2D eigenvalue weighted by Gasteiger charge is -2.42. The number of nitrogens with one attached hydrogen (secondary N) is 1. The summed E-state index contributed by atoms with van der Waals surface area (Å²) in [6, 6.07) is 4.15. The van der Waals surface area contributed by atoms with Crippen LogP contribution in [0.1, 0.15) is 70.9 Å². The van der Waals surface area contributed by atoms with Crippen molar-refractivity contribution in [2.75, 3.05) is 24.6 Å². The van der Waals surface area contributed by atoms with Gasteiger partial charge >= 0.3 is 6.09 Å². The highest BCUT2D eigenvalue weighted by Crippen LogP contribution is 2.40. The van der Waals surface area contributed by atoms with Crippen LogP contribution < -0.4 is 10.2 Å². The van der Waals surface area contributed by atoms with Crippen molar-refractivity contribution in [1.29, 1.82) is 0 Å². The zero-order chi connectivity index (χ0) is 22.8. The summed E-state index contributed by atoms with van der Waals surface area (Å²) in [6.07, 6.45) is 5.89. The zero-order valence-corrected chi connectivity index (χ0v) is 19.3. The summed E-state index contributed by atoms with van der Waals surface area (Å²) in [6.45, 7) is 8.24. The number of alkyl carbamates (subject to hydrolysis) is 1. The Kier molecular flexibility index (Phi) is 6.84. The molecule has 1 aromatic rings. The minimum atomic E-state index is -0.904. The van der Waals surface area contributed by atoms with Crippen molar-refractivity contribution in [3.8, 4) is 0 Å². The molecule has 1 atom stereocenters. The van der Waals surface area contributed by atoms with Gasteiger partial charge in [0.05, 0.1) is 12.3 Å². The van der Waals surface area contributed by atoms with E-state index in [1.807, 2.05) is 0 Å². The first kappa shape index (κ1) is 22.8. The van der Waals surface area contributed by atoms with Crippen LogP contribution in [-0.2, 0) is 9.53 Å². The first-order chi connectivity index (χ1) is 15.4. The summed E-state index contributed by atoms with van der Waals surface area (Å²) in [7, 11) is 0. The van der Waals surface area contributed by atoms with Gasteiger partial charge in [-0.05, 0) is 77.5 Å². The molecule has 1 unspecified atom stereocenters. The van der Waals surface area contributed by atoms with E-state index in [9.17, 15) is 14.0 Å². The molecule has 1 aliphatic carbocycles. The minimum absolute atomic E-state index is 0.0499. The Hall–Kier alpha value is -2.41. The number of halogens is 1. The molecule has 174 valence electrons. The van der Waals surface area contributed by atoms with E-state index in [4.69, 9.17) is 4.74 Å². The molecule has 0 bridgehead atoms. The van der Waals surface area contributed by atoms with Crippen LogP contribution in [0.4, 0.5) is 14.9 Å². The molecule has 4 rings (SSSR count). The van der Waals surface area contributed by atoms with Crippen molar-refractivity contribution >= 4 is 17.7 Å². The second-order valence-electron chi connectivity index (χ2n) is 9.31. The Bertz CT molecular complexity index is 894. The molecule has 2 aliphatic heterocycles. The summed E-state index contributed by atoms with van der Waals surface area (Å²) in [5.74, 6) is -0.625. The van der Waals surface area contributed by atoms with E-state index in [2.05, 4.69) is 24.1 Å². The number of anilines is 1. The monoisotopic (exact) mass is 443 g/mol. The molecule has 1 saturated heterocycles. The van der Waals surface area contributed by atoms with Crippen LogP contribution in [0.25, 0.3) is 0 Å². The van der Waals surface area contributed by atoms with E-state index in [-0.39, 0.29) is 18.6 Å². The normalized spacial score (nSPS) is 24.4. The highest BCUT2D eigenvalue weighted by molar-refractivity contribution is 6.06. The molecule has 7 heteroatoms. The van der Waals surface area contributed by atoms with Crippen molar-refractivity contribution in [3.63, 3.8) is 0 Å². The lowest BCUT2D eigenvalue weighted by molar-refractivity contribution is -0.120. The number of allylic oxidation sites excluding steroid dienone is 2. The van der Waals surface area contributed by atoms with Crippen molar-refractivity contribution in [2.45, 2.75) is 77.4 Å². The van der Waals surface area contributed by atoms with Gasteiger partial charge in [-0.2, -0.15) is 0 Å². The number of ether oxygens (including phenoxy) is 1. The third-order valence-electron chi connectivity index (χ3n) is 7.23. The molecule has 2 amide bonds. The van der Waals surface area contributed by atoms with Gasteiger partial charge in [-0.3, -0.25) is 4.79 Å². The van der Waals surface area contributed by atoms with E-state index in [0.717, 1.165) is 25.9 Å². The molecule has 0 aromatic heterocycles. The van der Waals surface area contributed by atoms with Crippen LogP contribution in [0, 0.1) is 5.82 Å². The largest absolute Gasteiger partial charge is 0.450 e. The molecule has 2 fully saturated rings.